The molecule has 23 heavy (non-hydrogen) atoms. The number of hydrogen-bond acceptors (Lipinski definition) is 3. The number of amides is 1. The molecular weight excluding hydrogens is 335 g/mol. The van der Waals surface area contributed by atoms with E-state index in [4.69, 9.17) is 11.6 Å². The molecule has 0 aliphatic carbocycles. The van der Waals surface area contributed by atoms with Gasteiger partial charge >= 0.3 is 6.18 Å². The van der Waals surface area contributed by atoms with Crippen LogP contribution in [0.15, 0.2) is 24.4 Å². The van der Waals surface area contributed by atoms with Gasteiger partial charge in [-0.3, -0.25) is 9.89 Å². The summed E-state index contributed by atoms with van der Waals surface area (Å²) in [6.07, 6.45) is -3.41. The van der Waals surface area contributed by atoms with E-state index in [0.717, 1.165) is 12.1 Å². The monoisotopic (exact) mass is 347 g/mol. The number of aryl methyl sites for hydroxylation is 1. The minimum Gasteiger partial charge on any atom is -0.394 e. The van der Waals surface area contributed by atoms with Crippen molar-refractivity contribution in [3.05, 3.63) is 51.8 Å². The zero-order chi connectivity index (χ0) is 17.2. The molecule has 0 fully saturated rings. The molecule has 9 heteroatoms. The lowest BCUT2D eigenvalue weighted by molar-refractivity contribution is -0.138. The molecular formula is C14H13ClF3N3O2. The topological polar surface area (TPSA) is 78.0 Å². The number of nitrogens with zero attached hydrogens (tertiary/aromatic N) is 1. The van der Waals surface area contributed by atoms with Crippen LogP contribution in [0.5, 0.6) is 0 Å². The van der Waals surface area contributed by atoms with Crippen LogP contribution in [-0.4, -0.2) is 27.8 Å². The van der Waals surface area contributed by atoms with Crippen molar-refractivity contribution >= 4 is 17.5 Å². The summed E-state index contributed by atoms with van der Waals surface area (Å²) in [7, 11) is 0. The largest absolute Gasteiger partial charge is 0.416 e. The molecule has 1 aromatic carbocycles. The van der Waals surface area contributed by atoms with E-state index in [2.05, 4.69) is 15.5 Å². The van der Waals surface area contributed by atoms with Crippen LogP contribution in [-0.2, 0) is 6.18 Å². The fourth-order valence-electron chi connectivity index (χ4n) is 2.12. The number of alkyl halides is 3. The molecule has 0 aliphatic rings. The first-order valence-electron chi connectivity index (χ1n) is 6.52. The Balaban J connectivity index is 2.35. The minimum atomic E-state index is -4.66. The average Bonchev–Trinajstić information content (AvgIpc) is 2.90. The molecule has 2 aromatic rings. The predicted octanol–water partition coefficient (Wildman–Crippen LogP) is 2.85. The van der Waals surface area contributed by atoms with Crippen molar-refractivity contribution in [3.63, 3.8) is 0 Å². The lowest BCUT2D eigenvalue weighted by Crippen LogP contribution is -2.32. The van der Waals surface area contributed by atoms with E-state index >= 15 is 0 Å². The number of benzene rings is 1. The van der Waals surface area contributed by atoms with Crippen molar-refractivity contribution in [2.24, 2.45) is 0 Å². The molecule has 1 aromatic heterocycles. The minimum absolute atomic E-state index is 0.0882. The summed E-state index contributed by atoms with van der Waals surface area (Å²) >= 11 is 5.62. The molecule has 0 saturated carbocycles. The highest BCUT2D eigenvalue weighted by molar-refractivity contribution is 6.30. The van der Waals surface area contributed by atoms with Gasteiger partial charge in [0.05, 0.1) is 30.0 Å². The molecule has 5 nitrogen and oxygen atoms in total. The molecule has 0 spiro atoms. The van der Waals surface area contributed by atoms with E-state index in [9.17, 15) is 23.1 Å². The maximum atomic E-state index is 13.1. The summed E-state index contributed by atoms with van der Waals surface area (Å²) in [5.41, 5.74) is -0.621. The number of H-pyrrole nitrogens is 1. The molecule has 1 amide bonds. The van der Waals surface area contributed by atoms with Gasteiger partial charge in [-0.1, -0.05) is 17.7 Å². The number of nitrogens with one attached hydrogen (secondary N) is 2. The Hall–Kier alpha value is -2.06. The van der Waals surface area contributed by atoms with Crippen molar-refractivity contribution in [2.75, 3.05) is 6.61 Å². The second kappa shape index (κ2) is 6.59. The normalized spacial score (nSPS) is 13.0. The third-order valence-corrected chi connectivity index (χ3v) is 3.49. The highest BCUT2D eigenvalue weighted by Crippen LogP contribution is 2.36. The van der Waals surface area contributed by atoms with E-state index in [1.54, 1.807) is 6.92 Å². The van der Waals surface area contributed by atoms with Crippen molar-refractivity contribution in [2.45, 2.75) is 19.1 Å². The van der Waals surface area contributed by atoms with E-state index < -0.39 is 30.3 Å². The van der Waals surface area contributed by atoms with Crippen molar-refractivity contribution in [3.8, 4) is 0 Å². The summed E-state index contributed by atoms with van der Waals surface area (Å²) < 4.78 is 39.4. The maximum absolute atomic E-state index is 13.1. The van der Waals surface area contributed by atoms with E-state index in [1.807, 2.05) is 0 Å². The molecule has 0 saturated heterocycles. The van der Waals surface area contributed by atoms with E-state index in [0.29, 0.717) is 5.69 Å². The zero-order valence-electron chi connectivity index (χ0n) is 11.9. The number of aliphatic hydroxyl groups excluding tert-OH is 1. The van der Waals surface area contributed by atoms with Crippen molar-refractivity contribution < 1.29 is 23.1 Å². The third kappa shape index (κ3) is 3.83. The summed E-state index contributed by atoms with van der Waals surface area (Å²) in [5, 5.41) is 17.9. The molecule has 124 valence electrons. The number of halogens is 4. The van der Waals surface area contributed by atoms with Crippen LogP contribution < -0.4 is 5.32 Å². The fraction of sp³-hybridized carbons (Fsp3) is 0.286. The van der Waals surface area contributed by atoms with Crippen LogP contribution in [0, 0.1) is 6.92 Å². The number of carbonyl (C=O) groups is 1. The number of carbonyl (C=O) groups excluding carboxylic acids is 1. The van der Waals surface area contributed by atoms with Gasteiger partial charge < -0.3 is 10.4 Å². The van der Waals surface area contributed by atoms with Crippen molar-refractivity contribution in [1.29, 1.82) is 0 Å². The third-order valence-electron chi connectivity index (χ3n) is 3.26. The maximum Gasteiger partial charge on any atom is 0.416 e. The summed E-state index contributed by atoms with van der Waals surface area (Å²) in [6, 6.07) is 1.93. The van der Waals surface area contributed by atoms with Crippen molar-refractivity contribution in [1.82, 2.24) is 15.5 Å². The van der Waals surface area contributed by atoms with Gasteiger partial charge in [-0.05, 0) is 24.6 Å². The summed E-state index contributed by atoms with van der Waals surface area (Å²) in [5.74, 6) is -0.640. The number of aliphatic hydroxyl groups is 1. The van der Waals surface area contributed by atoms with Crippen LogP contribution in [0.3, 0.4) is 0 Å². The Kier molecular flexibility index (Phi) is 4.96. The molecule has 2 rings (SSSR count). The molecule has 3 N–H and O–H groups in total. The SMILES string of the molecule is Cc1[nH]ncc1C(=O)N[C@H](CO)c1ccc(Cl)cc1C(F)(F)F. The average molecular weight is 348 g/mol. The first-order chi connectivity index (χ1) is 10.7. The number of rotatable bonds is 4. The standard InChI is InChI=1S/C14H13ClF3N3O2/c1-7-10(5-19-21-7)13(23)20-12(6-22)9-3-2-8(15)4-11(9)14(16,17)18/h2-5,12,22H,6H2,1H3,(H,19,21)(H,20,23)/t12-/m1/s1. The molecule has 0 aliphatic heterocycles. The Labute approximate surface area is 134 Å². The van der Waals surface area contributed by atoms with Crippen LogP contribution in [0.25, 0.3) is 0 Å². The van der Waals surface area contributed by atoms with Crippen LogP contribution in [0.1, 0.15) is 33.2 Å². The van der Waals surface area contributed by atoms with Crippen LogP contribution in [0.4, 0.5) is 13.2 Å². The lowest BCUT2D eigenvalue weighted by Gasteiger charge is -2.21. The zero-order valence-corrected chi connectivity index (χ0v) is 12.7. The Morgan fingerprint density at radius 2 is 2.17 bits per heavy atom. The predicted molar refractivity (Wildman–Crippen MR) is 77.1 cm³/mol. The Morgan fingerprint density at radius 1 is 1.48 bits per heavy atom. The van der Waals surface area contributed by atoms with Gasteiger partial charge in [-0.25, -0.2) is 0 Å². The molecule has 0 bridgehead atoms. The quantitative estimate of drug-likeness (QED) is 0.795. The van der Waals surface area contributed by atoms with E-state index in [1.165, 1.54) is 12.3 Å². The first-order valence-corrected chi connectivity index (χ1v) is 6.90. The number of aromatic amines is 1. The molecule has 1 atom stereocenters. The van der Waals surface area contributed by atoms with Gasteiger partial charge in [-0.15, -0.1) is 0 Å². The molecule has 0 radical (unpaired) electrons. The van der Waals surface area contributed by atoms with Gasteiger partial charge in [0, 0.05) is 10.7 Å². The summed E-state index contributed by atoms with van der Waals surface area (Å²) in [6.45, 7) is 0.895. The second-order valence-corrected chi connectivity index (χ2v) is 5.28. The van der Waals surface area contributed by atoms with Gasteiger partial charge in [0.15, 0.2) is 0 Å². The fourth-order valence-corrected chi connectivity index (χ4v) is 2.29. The van der Waals surface area contributed by atoms with Gasteiger partial charge in [0.25, 0.3) is 5.91 Å². The molecule has 1 heterocycles. The number of aromatic nitrogens is 2. The highest BCUT2D eigenvalue weighted by atomic mass is 35.5. The Bertz CT molecular complexity index is 716. The molecule has 0 unspecified atom stereocenters. The number of hydrogen-bond donors (Lipinski definition) is 3. The summed E-state index contributed by atoms with van der Waals surface area (Å²) in [4.78, 5) is 12.1. The van der Waals surface area contributed by atoms with Crippen LogP contribution >= 0.6 is 11.6 Å². The highest BCUT2D eigenvalue weighted by Gasteiger charge is 2.36. The van der Waals surface area contributed by atoms with Gasteiger partial charge in [0.1, 0.15) is 0 Å². The first kappa shape index (κ1) is 17.3. The van der Waals surface area contributed by atoms with Gasteiger partial charge in [-0.2, -0.15) is 18.3 Å². The lowest BCUT2D eigenvalue weighted by atomic mass is 10.00. The Morgan fingerprint density at radius 3 is 2.70 bits per heavy atom. The van der Waals surface area contributed by atoms with E-state index in [-0.39, 0.29) is 16.1 Å². The smallest absolute Gasteiger partial charge is 0.394 e. The van der Waals surface area contributed by atoms with Crippen LogP contribution in [0.2, 0.25) is 5.02 Å². The van der Waals surface area contributed by atoms with Gasteiger partial charge in [0.2, 0.25) is 0 Å². The second-order valence-electron chi connectivity index (χ2n) is 4.85.